The Balaban J connectivity index is 1.40. The molecule has 3 aromatic rings. The largest absolute Gasteiger partial charge is 0.416 e. The van der Waals surface area contributed by atoms with Crippen LogP contribution in [0.1, 0.15) is 88.8 Å². The quantitative estimate of drug-likeness (QED) is 0.172. The van der Waals surface area contributed by atoms with E-state index in [0.717, 1.165) is 74.0 Å². The predicted molar refractivity (Wildman–Crippen MR) is 167 cm³/mol. The third-order valence-electron chi connectivity index (χ3n) is 8.06. The number of alkyl halides is 3. The van der Waals surface area contributed by atoms with Crippen molar-refractivity contribution in [3.8, 4) is 0 Å². The molecule has 3 aromatic carbocycles. The average Bonchev–Trinajstić information content (AvgIpc) is 3.00. The van der Waals surface area contributed by atoms with Crippen molar-refractivity contribution in [2.75, 3.05) is 23.7 Å². The summed E-state index contributed by atoms with van der Waals surface area (Å²) in [5.41, 5.74) is 2.74. The molecule has 1 unspecified atom stereocenters. The second kappa shape index (κ2) is 15.5. The van der Waals surface area contributed by atoms with Crippen molar-refractivity contribution in [3.63, 3.8) is 0 Å². The molecule has 234 valence electrons. The fourth-order valence-corrected chi connectivity index (χ4v) is 5.57. The predicted octanol–water partition coefficient (Wildman–Crippen LogP) is 7.97. The highest BCUT2D eigenvalue weighted by molar-refractivity contribution is 6.05. The zero-order valence-electron chi connectivity index (χ0n) is 25.1. The molecule has 1 aliphatic carbocycles. The van der Waals surface area contributed by atoms with Crippen LogP contribution in [0.2, 0.25) is 0 Å². The second-order valence-electron chi connectivity index (χ2n) is 11.5. The molecule has 1 atom stereocenters. The minimum absolute atomic E-state index is 0.121. The van der Waals surface area contributed by atoms with Gasteiger partial charge in [0.05, 0.1) is 5.56 Å². The van der Waals surface area contributed by atoms with E-state index in [2.05, 4.69) is 16.0 Å². The van der Waals surface area contributed by atoms with Gasteiger partial charge < -0.3 is 16.0 Å². The smallest absolute Gasteiger partial charge is 0.385 e. The molecule has 0 saturated heterocycles. The summed E-state index contributed by atoms with van der Waals surface area (Å²) in [6, 6.07) is 17.4. The topological polar surface area (TPSA) is 87.3 Å². The van der Waals surface area contributed by atoms with Gasteiger partial charge in [-0.25, -0.2) is 0 Å². The lowest BCUT2D eigenvalue weighted by Crippen LogP contribution is -2.25. The second-order valence-corrected chi connectivity index (χ2v) is 11.5. The SMILES string of the molecule is Cc1ccccc1NCCCCc1ccc(C(=O)NCCCC2CCCC(=O)C2)cc1NC(=O)c1cccc(C(F)(F)F)c1. The molecule has 0 radical (unpaired) electrons. The van der Waals surface area contributed by atoms with Gasteiger partial charge in [-0.15, -0.1) is 0 Å². The highest BCUT2D eigenvalue weighted by atomic mass is 19.4. The molecule has 6 nitrogen and oxygen atoms in total. The Hall–Kier alpha value is -4.14. The van der Waals surface area contributed by atoms with E-state index in [1.807, 2.05) is 31.2 Å². The first-order valence-corrected chi connectivity index (χ1v) is 15.3. The summed E-state index contributed by atoms with van der Waals surface area (Å²) < 4.78 is 39.8. The van der Waals surface area contributed by atoms with Crippen LogP contribution in [-0.4, -0.2) is 30.7 Å². The Bertz CT molecular complexity index is 1450. The van der Waals surface area contributed by atoms with Crippen LogP contribution in [0.5, 0.6) is 0 Å². The summed E-state index contributed by atoms with van der Waals surface area (Å²) in [6.45, 7) is 3.26. The summed E-state index contributed by atoms with van der Waals surface area (Å²) in [5.74, 6) is -0.295. The summed E-state index contributed by atoms with van der Waals surface area (Å²) in [7, 11) is 0. The fourth-order valence-electron chi connectivity index (χ4n) is 5.57. The van der Waals surface area contributed by atoms with Crippen LogP contribution in [0.25, 0.3) is 0 Å². The molecule has 9 heteroatoms. The molecule has 0 aliphatic heterocycles. The number of amides is 2. The van der Waals surface area contributed by atoms with Gasteiger partial charge in [0, 0.05) is 48.4 Å². The Morgan fingerprint density at radius 1 is 0.864 bits per heavy atom. The van der Waals surface area contributed by atoms with E-state index in [9.17, 15) is 27.6 Å². The van der Waals surface area contributed by atoms with Gasteiger partial charge in [-0.05, 0) is 105 Å². The molecule has 0 aromatic heterocycles. The zero-order valence-corrected chi connectivity index (χ0v) is 25.1. The third kappa shape index (κ3) is 9.69. The van der Waals surface area contributed by atoms with Crippen molar-refractivity contribution in [1.29, 1.82) is 0 Å². The van der Waals surface area contributed by atoms with E-state index in [0.29, 0.717) is 48.8 Å². The zero-order chi connectivity index (χ0) is 31.5. The molecule has 1 saturated carbocycles. The Morgan fingerprint density at radius 2 is 1.66 bits per heavy atom. The molecule has 44 heavy (non-hydrogen) atoms. The number of hydrogen-bond acceptors (Lipinski definition) is 4. The fraction of sp³-hybridized carbons (Fsp3) is 0.400. The number of aryl methyl sites for hydroxylation is 2. The maximum atomic E-state index is 13.3. The van der Waals surface area contributed by atoms with Crippen molar-refractivity contribution in [1.82, 2.24) is 5.32 Å². The van der Waals surface area contributed by atoms with Crippen LogP contribution < -0.4 is 16.0 Å². The van der Waals surface area contributed by atoms with E-state index < -0.39 is 17.6 Å². The number of ketones is 1. The van der Waals surface area contributed by atoms with Gasteiger partial charge >= 0.3 is 6.18 Å². The summed E-state index contributed by atoms with van der Waals surface area (Å²) in [4.78, 5) is 37.7. The lowest BCUT2D eigenvalue weighted by Gasteiger charge is -2.20. The van der Waals surface area contributed by atoms with Gasteiger partial charge in [-0.3, -0.25) is 14.4 Å². The number of benzene rings is 3. The number of carbonyl (C=O) groups excluding carboxylic acids is 3. The van der Waals surface area contributed by atoms with Crippen molar-refractivity contribution in [2.24, 2.45) is 5.92 Å². The number of para-hydroxylation sites is 1. The van der Waals surface area contributed by atoms with Gasteiger partial charge in [0.2, 0.25) is 0 Å². The van der Waals surface area contributed by atoms with Crippen LogP contribution in [0, 0.1) is 12.8 Å². The minimum atomic E-state index is -4.57. The van der Waals surface area contributed by atoms with E-state index in [1.54, 1.807) is 18.2 Å². The first-order valence-electron chi connectivity index (χ1n) is 15.3. The van der Waals surface area contributed by atoms with Crippen molar-refractivity contribution < 1.29 is 27.6 Å². The molecule has 2 amide bonds. The van der Waals surface area contributed by atoms with E-state index in [4.69, 9.17) is 0 Å². The summed E-state index contributed by atoms with van der Waals surface area (Å²) in [6.07, 6.45) is 2.57. The van der Waals surface area contributed by atoms with E-state index in [-0.39, 0.29) is 11.5 Å². The number of hydrogen-bond donors (Lipinski definition) is 3. The third-order valence-corrected chi connectivity index (χ3v) is 8.06. The molecule has 3 N–H and O–H groups in total. The van der Waals surface area contributed by atoms with Gasteiger partial charge in [-0.1, -0.05) is 30.3 Å². The maximum Gasteiger partial charge on any atom is 0.416 e. The summed E-state index contributed by atoms with van der Waals surface area (Å²) in [5, 5.41) is 9.10. The summed E-state index contributed by atoms with van der Waals surface area (Å²) >= 11 is 0. The van der Waals surface area contributed by atoms with Crippen LogP contribution in [0.3, 0.4) is 0 Å². The first-order chi connectivity index (χ1) is 21.1. The van der Waals surface area contributed by atoms with E-state index >= 15 is 0 Å². The molecule has 1 aliphatic rings. The van der Waals surface area contributed by atoms with E-state index in [1.165, 1.54) is 12.1 Å². The normalized spacial score (nSPS) is 15.1. The van der Waals surface area contributed by atoms with Crippen molar-refractivity contribution in [2.45, 2.75) is 70.9 Å². The van der Waals surface area contributed by atoms with Gasteiger partial charge in [0.1, 0.15) is 5.78 Å². The van der Waals surface area contributed by atoms with Crippen LogP contribution in [-0.2, 0) is 17.4 Å². The lowest BCUT2D eigenvalue weighted by atomic mass is 9.85. The first kappa shape index (κ1) is 32.8. The van der Waals surface area contributed by atoms with Gasteiger partial charge in [-0.2, -0.15) is 13.2 Å². The van der Waals surface area contributed by atoms with Crippen LogP contribution in [0.4, 0.5) is 24.5 Å². The van der Waals surface area contributed by atoms with Crippen molar-refractivity contribution in [3.05, 3.63) is 94.5 Å². The lowest BCUT2D eigenvalue weighted by molar-refractivity contribution is -0.137. The van der Waals surface area contributed by atoms with Gasteiger partial charge in [0.25, 0.3) is 11.8 Å². The number of carbonyl (C=O) groups is 3. The van der Waals surface area contributed by atoms with Crippen LogP contribution in [0.15, 0.2) is 66.7 Å². The van der Waals surface area contributed by atoms with Crippen molar-refractivity contribution >= 4 is 29.0 Å². The molecule has 0 heterocycles. The Kier molecular flexibility index (Phi) is 11.6. The Morgan fingerprint density at radius 3 is 2.43 bits per heavy atom. The monoisotopic (exact) mass is 607 g/mol. The number of Topliss-reactive ketones (excluding diaryl/α,β-unsaturated/α-hetero) is 1. The Labute approximate surface area is 256 Å². The highest BCUT2D eigenvalue weighted by Gasteiger charge is 2.31. The maximum absolute atomic E-state index is 13.3. The number of anilines is 2. The molecule has 0 bridgehead atoms. The van der Waals surface area contributed by atoms with Gasteiger partial charge in [0.15, 0.2) is 0 Å². The van der Waals surface area contributed by atoms with Crippen LogP contribution >= 0.6 is 0 Å². The minimum Gasteiger partial charge on any atom is -0.385 e. The molecule has 0 spiro atoms. The standard InChI is InChI=1S/C35H40F3N3O3/c1-24-9-2-3-16-31(24)39-19-5-4-12-26-17-18-28(33(43)40-20-8-11-25-10-6-15-30(42)21-25)23-32(26)41-34(44)27-13-7-14-29(22-27)35(36,37)38/h2-3,7,9,13-14,16-18,22-23,25,39H,4-6,8,10-12,15,19-21H2,1H3,(H,40,43)(H,41,44). The molecule has 4 rings (SSSR count). The number of rotatable bonds is 13. The molecular weight excluding hydrogens is 567 g/mol. The molecular formula is C35H40F3N3O3. The highest BCUT2D eigenvalue weighted by Crippen LogP contribution is 2.30. The number of unbranched alkanes of at least 4 members (excludes halogenated alkanes) is 1. The number of nitrogens with one attached hydrogen (secondary N) is 3. The number of halogens is 3. The molecule has 1 fully saturated rings. The average molecular weight is 608 g/mol.